The number of sulfonamides is 1. The van der Waals surface area contributed by atoms with Crippen LogP contribution >= 0.6 is 34.8 Å². The van der Waals surface area contributed by atoms with Crippen molar-refractivity contribution in [3.05, 3.63) is 92.4 Å². The second kappa shape index (κ2) is 15.1. The molecule has 2 atom stereocenters. The average Bonchev–Trinajstić information content (AvgIpc) is 2.97. The van der Waals surface area contributed by atoms with Crippen LogP contribution in [-0.2, 0) is 32.3 Å². The van der Waals surface area contributed by atoms with E-state index in [0.717, 1.165) is 22.6 Å². The van der Waals surface area contributed by atoms with Gasteiger partial charge < -0.3 is 10.2 Å². The Labute approximate surface area is 276 Å². The first-order valence-electron chi connectivity index (χ1n) is 14.0. The predicted octanol–water partition coefficient (Wildman–Crippen LogP) is 7.89. The number of amides is 2. The molecular weight excluding hydrogens is 674 g/mol. The molecule has 0 aliphatic heterocycles. The van der Waals surface area contributed by atoms with Crippen molar-refractivity contribution in [2.24, 2.45) is 0 Å². The van der Waals surface area contributed by atoms with Crippen LogP contribution in [0.4, 0.5) is 18.9 Å². The Bertz CT molecular complexity index is 1620. The first kappa shape index (κ1) is 36.5. The topological polar surface area (TPSA) is 86.8 Å². The van der Waals surface area contributed by atoms with Gasteiger partial charge in [0, 0.05) is 28.2 Å². The highest BCUT2D eigenvalue weighted by Crippen LogP contribution is 2.38. The smallest absolute Gasteiger partial charge is 0.352 e. The van der Waals surface area contributed by atoms with Crippen LogP contribution in [0.2, 0.25) is 15.1 Å². The van der Waals surface area contributed by atoms with Gasteiger partial charge in [0.15, 0.2) is 0 Å². The molecule has 0 fully saturated rings. The van der Waals surface area contributed by atoms with Crippen molar-refractivity contribution in [3.63, 3.8) is 0 Å². The molecule has 0 saturated carbocycles. The highest BCUT2D eigenvalue weighted by atomic mass is 35.5. The molecule has 45 heavy (non-hydrogen) atoms. The first-order valence-corrected chi connectivity index (χ1v) is 16.6. The lowest BCUT2D eigenvalue weighted by atomic mass is 10.1. The lowest BCUT2D eigenvalue weighted by Gasteiger charge is -2.34. The molecule has 0 aromatic heterocycles. The van der Waals surface area contributed by atoms with E-state index in [0.29, 0.717) is 22.4 Å². The van der Waals surface area contributed by atoms with Crippen LogP contribution in [0.5, 0.6) is 0 Å². The minimum absolute atomic E-state index is 0.125. The highest BCUT2D eigenvalue weighted by molar-refractivity contribution is 7.92. The monoisotopic (exact) mass is 705 g/mol. The summed E-state index contributed by atoms with van der Waals surface area (Å²) in [5.74, 6) is -1.38. The number of nitrogens with zero attached hydrogens (tertiary/aromatic N) is 2. The van der Waals surface area contributed by atoms with Gasteiger partial charge in [0.2, 0.25) is 11.8 Å². The molecule has 2 unspecified atom stereocenters. The van der Waals surface area contributed by atoms with E-state index in [1.807, 2.05) is 6.92 Å². The fourth-order valence-corrected chi connectivity index (χ4v) is 6.61. The Balaban J connectivity index is 2.19. The molecule has 14 heteroatoms. The summed E-state index contributed by atoms with van der Waals surface area (Å²) in [6.45, 7) is 5.83. The van der Waals surface area contributed by atoms with Gasteiger partial charge in [0.25, 0.3) is 10.0 Å². The summed E-state index contributed by atoms with van der Waals surface area (Å²) in [5, 5.41) is 2.60. The van der Waals surface area contributed by atoms with Crippen LogP contribution < -0.4 is 9.62 Å². The van der Waals surface area contributed by atoms with Crippen LogP contribution in [0.3, 0.4) is 0 Å². The Morgan fingerprint density at radius 1 is 0.911 bits per heavy atom. The van der Waals surface area contributed by atoms with Crippen molar-refractivity contribution < 1.29 is 31.2 Å². The zero-order chi connectivity index (χ0) is 33.7. The number of anilines is 1. The largest absolute Gasteiger partial charge is 0.417 e. The van der Waals surface area contributed by atoms with E-state index in [-0.39, 0.29) is 33.9 Å². The number of rotatable bonds is 12. The summed E-state index contributed by atoms with van der Waals surface area (Å²) >= 11 is 18.6. The van der Waals surface area contributed by atoms with E-state index in [9.17, 15) is 31.2 Å². The number of hydrogen-bond acceptors (Lipinski definition) is 4. The molecule has 2 amide bonds. The maximum absolute atomic E-state index is 14.2. The minimum atomic E-state index is -4.91. The molecule has 3 rings (SSSR count). The van der Waals surface area contributed by atoms with E-state index >= 15 is 0 Å². The fourth-order valence-electron chi connectivity index (χ4n) is 4.47. The molecule has 1 N–H and O–H groups in total. The number of carbonyl (C=O) groups excluding carboxylic acids is 2. The van der Waals surface area contributed by atoms with E-state index in [1.54, 1.807) is 39.0 Å². The third-order valence-electron chi connectivity index (χ3n) is 7.21. The van der Waals surface area contributed by atoms with Gasteiger partial charge in [-0.2, -0.15) is 13.2 Å². The zero-order valence-corrected chi connectivity index (χ0v) is 28.0. The van der Waals surface area contributed by atoms with Crippen LogP contribution in [0.25, 0.3) is 0 Å². The third kappa shape index (κ3) is 8.84. The lowest BCUT2D eigenvalue weighted by Crippen LogP contribution is -2.53. The Hall–Kier alpha value is -2.99. The molecule has 0 saturated heterocycles. The van der Waals surface area contributed by atoms with E-state index in [2.05, 4.69) is 5.32 Å². The van der Waals surface area contributed by atoms with E-state index in [4.69, 9.17) is 34.8 Å². The van der Waals surface area contributed by atoms with Crippen LogP contribution in [0.1, 0.15) is 50.3 Å². The van der Waals surface area contributed by atoms with Crippen molar-refractivity contribution in [1.82, 2.24) is 10.2 Å². The molecule has 0 spiro atoms. The number of aryl methyl sites for hydroxylation is 1. The van der Waals surface area contributed by atoms with Gasteiger partial charge >= 0.3 is 6.18 Å². The SMILES string of the molecule is CCC(C)NC(=O)C(CC)N(Cc1c(Cl)cccc1Cl)C(=O)CN(c1ccc(Cl)c(C(F)(F)F)c1)S(=O)(=O)c1ccc(C)cc1. The van der Waals surface area contributed by atoms with Gasteiger partial charge in [-0.3, -0.25) is 13.9 Å². The number of alkyl halides is 3. The maximum Gasteiger partial charge on any atom is 0.417 e. The number of carbonyl (C=O) groups is 2. The Morgan fingerprint density at radius 3 is 2.04 bits per heavy atom. The van der Waals surface area contributed by atoms with Gasteiger partial charge in [-0.05, 0) is 69.2 Å². The quantitative estimate of drug-likeness (QED) is 0.208. The van der Waals surface area contributed by atoms with Crippen molar-refractivity contribution in [3.8, 4) is 0 Å². The molecule has 3 aromatic rings. The van der Waals surface area contributed by atoms with Crippen molar-refractivity contribution in [1.29, 1.82) is 0 Å². The van der Waals surface area contributed by atoms with Crippen molar-refractivity contribution in [2.75, 3.05) is 10.8 Å². The summed E-state index contributed by atoms with van der Waals surface area (Å²) < 4.78 is 70.1. The van der Waals surface area contributed by atoms with Gasteiger partial charge in [0.05, 0.1) is 21.2 Å². The summed E-state index contributed by atoms with van der Waals surface area (Å²) in [7, 11) is -4.62. The van der Waals surface area contributed by atoms with Crippen molar-refractivity contribution >= 4 is 62.3 Å². The molecule has 3 aromatic carbocycles. The lowest BCUT2D eigenvalue weighted by molar-refractivity contribution is -0.140. The normalized spacial score (nSPS) is 13.2. The van der Waals surface area contributed by atoms with Gasteiger partial charge in [0.1, 0.15) is 12.6 Å². The summed E-state index contributed by atoms with van der Waals surface area (Å²) in [6.07, 6.45) is -4.18. The summed E-state index contributed by atoms with van der Waals surface area (Å²) in [4.78, 5) is 28.5. The summed E-state index contributed by atoms with van der Waals surface area (Å²) in [6, 6.07) is 11.6. The number of hydrogen-bond donors (Lipinski definition) is 1. The average molecular weight is 707 g/mol. The molecular formula is C31H33Cl3F3N3O4S. The number of halogens is 6. The third-order valence-corrected chi connectivity index (χ3v) is 10.0. The molecule has 0 bridgehead atoms. The molecule has 0 aliphatic carbocycles. The summed E-state index contributed by atoms with van der Waals surface area (Å²) in [5.41, 5.74) is -0.683. The predicted molar refractivity (Wildman–Crippen MR) is 171 cm³/mol. The van der Waals surface area contributed by atoms with E-state index in [1.165, 1.54) is 24.3 Å². The Morgan fingerprint density at radius 2 is 1.51 bits per heavy atom. The van der Waals surface area contributed by atoms with Crippen molar-refractivity contribution in [2.45, 2.75) is 70.2 Å². The van der Waals surface area contributed by atoms with Crippen LogP contribution in [0.15, 0.2) is 65.6 Å². The highest BCUT2D eigenvalue weighted by Gasteiger charge is 2.37. The number of benzene rings is 3. The molecule has 0 aliphatic rings. The fraction of sp³-hybridized carbons (Fsp3) is 0.355. The molecule has 244 valence electrons. The van der Waals surface area contributed by atoms with Gasteiger partial charge in [-0.15, -0.1) is 0 Å². The first-order chi connectivity index (χ1) is 21.0. The standard InChI is InChI=1S/C31H33Cl3F3N3O4S/c1-5-20(4)38-30(42)28(6-2)39(17-23-25(32)8-7-9-26(23)33)29(41)18-40(45(43,44)22-13-10-19(3)11-14-22)21-12-15-27(34)24(16-21)31(35,36)37/h7-16,20,28H,5-6,17-18H2,1-4H3,(H,38,42). The molecule has 0 radical (unpaired) electrons. The number of nitrogens with one attached hydrogen (secondary N) is 1. The minimum Gasteiger partial charge on any atom is -0.352 e. The Kier molecular flexibility index (Phi) is 12.2. The maximum atomic E-state index is 14.2. The second-order valence-corrected chi connectivity index (χ2v) is 13.5. The van der Waals surface area contributed by atoms with Crippen LogP contribution in [-0.4, -0.2) is 43.8 Å². The second-order valence-electron chi connectivity index (χ2n) is 10.5. The van der Waals surface area contributed by atoms with Gasteiger partial charge in [-0.1, -0.05) is 72.4 Å². The van der Waals surface area contributed by atoms with E-state index < -0.39 is 56.9 Å². The molecule has 7 nitrogen and oxygen atoms in total. The molecule has 0 heterocycles. The van der Waals surface area contributed by atoms with Crippen LogP contribution in [0, 0.1) is 6.92 Å². The van der Waals surface area contributed by atoms with Gasteiger partial charge in [-0.25, -0.2) is 8.42 Å². The zero-order valence-electron chi connectivity index (χ0n) is 25.0.